The summed E-state index contributed by atoms with van der Waals surface area (Å²) in [7, 11) is 1.42. The first-order valence-corrected chi connectivity index (χ1v) is 6.04. The van der Waals surface area contributed by atoms with Gasteiger partial charge in [-0.05, 0) is 26.2 Å². The van der Waals surface area contributed by atoms with Gasteiger partial charge in [-0.3, -0.25) is 4.79 Å². The Balaban J connectivity index is 2.24. The SMILES string of the molecule is CCC1(C)CC(NCCC(=O)OC)CCO1. The highest BCUT2D eigenvalue weighted by Crippen LogP contribution is 2.27. The Morgan fingerprint density at radius 2 is 2.38 bits per heavy atom. The molecule has 1 fully saturated rings. The fourth-order valence-electron chi connectivity index (χ4n) is 2.03. The van der Waals surface area contributed by atoms with E-state index in [2.05, 4.69) is 23.9 Å². The lowest BCUT2D eigenvalue weighted by Gasteiger charge is -2.38. The first-order valence-electron chi connectivity index (χ1n) is 6.04. The summed E-state index contributed by atoms with van der Waals surface area (Å²) in [6.45, 7) is 5.80. The minimum absolute atomic E-state index is 0.00117. The smallest absolute Gasteiger partial charge is 0.306 e. The van der Waals surface area contributed by atoms with Crippen molar-refractivity contribution in [1.82, 2.24) is 5.32 Å². The van der Waals surface area contributed by atoms with Gasteiger partial charge in [0.05, 0.1) is 19.1 Å². The molecule has 1 rings (SSSR count). The predicted molar refractivity (Wildman–Crippen MR) is 62.3 cm³/mol. The van der Waals surface area contributed by atoms with Crippen LogP contribution in [0.25, 0.3) is 0 Å². The van der Waals surface area contributed by atoms with Gasteiger partial charge in [-0.25, -0.2) is 0 Å². The summed E-state index contributed by atoms with van der Waals surface area (Å²) in [6.07, 6.45) is 3.51. The van der Waals surface area contributed by atoms with Gasteiger partial charge in [0.2, 0.25) is 0 Å². The van der Waals surface area contributed by atoms with Crippen molar-refractivity contribution in [2.75, 3.05) is 20.3 Å². The minimum Gasteiger partial charge on any atom is -0.469 e. The second kappa shape index (κ2) is 6.21. The molecular formula is C12H23NO3. The standard InChI is InChI=1S/C12H23NO3/c1-4-12(2)9-10(6-8-16-12)13-7-5-11(14)15-3/h10,13H,4-9H2,1-3H3. The Kier molecular flexibility index (Phi) is 5.22. The van der Waals surface area contributed by atoms with Gasteiger partial charge in [-0.15, -0.1) is 0 Å². The van der Waals surface area contributed by atoms with Crippen molar-refractivity contribution in [3.05, 3.63) is 0 Å². The molecule has 0 bridgehead atoms. The van der Waals surface area contributed by atoms with E-state index >= 15 is 0 Å². The van der Waals surface area contributed by atoms with E-state index in [1.165, 1.54) is 7.11 Å². The Labute approximate surface area is 97.7 Å². The number of methoxy groups -OCH3 is 1. The van der Waals surface area contributed by atoms with Crippen LogP contribution in [0.1, 0.15) is 39.5 Å². The number of rotatable bonds is 5. The quantitative estimate of drug-likeness (QED) is 0.726. The normalized spacial score (nSPS) is 30.1. The molecule has 1 heterocycles. The summed E-state index contributed by atoms with van der Waals surface area (Å²) < 4.78 is 10.4. The van der Waals surface area contributed by atoms with Gasteiger partial charge in [-0.2, -0.15) is 0 Å². The summed E-state index contributed by atoms with van der Waals surface area (Å²) >= 11 is 0. The average molecular weight is 229 g/mol. The fraction of sp³-hybridized carbons (Fsp3) is 0.917. The lowest BCUT2D eigenvalue weighted by atomic mass is 9.90. The van der Waals surface area contributed by atoms with Crippen LogP contribution >= 0.6 is 0 Å². The number of ether oxygens (including phenoxy) is 2. The van der Waals surface area contributed by atoms with Crippen molar-refractivity contribution in [3.63, 3.8) is 0 Å². The molecule has 16 heavy (non-hydrogen) atoms. The number of carbonyl (C=O) groups is 1. The molecule has 0 radical (unpaired) electrons. The highest BCUT2D eigenvalue weighted by molar-refractivity contribution is 5.69. The third kappa shape index (κ3) is 4.10. The van der Waals surface area contributed by atoms with E-state index < -0.39 is 0 Å². The molecule has 0 amide bonds. The molecule has 1 saturated heterocycles. The molecule has 1 N–H and O–H groups in total. The van der Waals surface area contributed by atoms with Gasteiger partial charge in [0.25, 0.3) is 0 Å². The fourth-order valence-corrected chi connectivity index (χ4v) is 2.03. The molecule has 2 atom stereocenters. The number of hydrogen-bond acceptors (Lipinski definition) is 4. The molecule has 0 aliphatic carbocycles. The summed E-state index contributed by atoms with van der Waals surface area (Å²) in [5.74, 6) is -0.155. The zero-order chi connectivity index (χ0) is 12.0. The topological polar surface area (TPSA) is 47.6 Å². The predicted octanol–water partition coefficient (Wildman–Crippen LogP) is 1.49. The first-order chi connectivity index (χ1) is 7.59. The second-order valence-electron chi connectivity index (χ2n) is 4.62. The monoisotopic (exact) mass is 229 g/mol. The Morgan fingerprint density at radius 1 is 1.62 bits per heavy atom. The maximum atomic E-state index is 11.0. The van der Waals surface area contributed by atoms with Crippen LogP contribution in [0.15, 0.2) is 0 Å². The van der Waals surface area contributed by atoms with E-state index in [0.29, 0.717) is 19.0 Å². The maximum absolute atomic E-state index is 11.0. The van der Waals surface area contributed by atoms with E-state index in [9.17, 15) is 4.79 Å². The van der Waals surface area contributed by atoms with E-state index in [1.807, 2.05) is 0 Å². The molecule has 0 aromatic rings. The van der Waals surface area contributed by atoms with E-state index in [1.54, 1.807) is 0 Å². The molecule has 4 heteroatoms. The van der Waals surface area contributed by atoms with Crippen molar-refractivity contribution in [2.45, 2.75) is 51.2 Å². The second-order valence-corrected chi connectivity index (χ2v) is 4.62. The van der Waals surface area contributed by atoms with Crippen LogP contribution in [0.5, 0.6) is 0 Å². The van der Waals surface area contributed by atoms with Crippen molar-refractivity contribution >= 4 is 5.97 Å². The lowest BCUT2D eigenvalue weighted by molar-refractivity contribution is -0.140. The number of esters is 1. The molecule has 0 saturated carbocycles. The van der Waals surface area contributed by atoms with E-state index in [-0.39, 0.29) is 11.6 Å². The molecule has 0 spiro atoms. The van der Waals surface area contributed by atoms with Gasteiger partial charge in [0.15, 0.2) is 0 Å². The zero-order valence-electron chi connectivity index (χ0n) is 10.5. The average Bonchev–Trinajstić information content (AvgIpc) is 2.29. The molecular weight excluding hydrogens is 206 g/mol. The largest absolute Gasteiger partial charge is 0.469 e. The van der Waals surface area contributed by atoms with Gasteiger partial charge in [0.1, 0.15) is 0 Å². The van der Waals surface area contributed by atoms with E-state index in [4.69, 9.17) is 4.74 Å². The van der Waals surface area contributed by atoms with Gasteiger partial charge in [0, 0.05) is 19.2 Å². The van der Waals surface area contributed by atoms with Crippen molar-refractivity contribution in [3.8, 4) is 0 Å². The Bertz CT molecular complexity index is 232. The van der Waals surface area contributed by atoms with Crippen LogP contribution in [0.4, 0.5) is 0 Å². The lowest BCUT2D eigenvalue weighted by Crippen LogP contribution is -2.45. The molecule has 1 aliphatic rings. The van der Waals surface area contributed by atoms with Crippen LogP contribution in [0, 0.1) is 0 Å². The third-order valence-electron chi connectivity index (χ3n) is 3.33. The molecule has 4 nitrogen and oxygen atoms in total. The van der Waals surface area contributed by atoms with Crippen LogP contribution in [0.3, 0.4) is 0 Å². The Morgan fingerprint density at radius 3 is 3.00 bits per heavy atom. The number of carbonyl (C=O) groups excluding carboxylic acids is 1. The first kappa shape index (κ1) is 13.5. The molecule has 0 aromatic heterocycles. The summed E-state index contributed by atoms with van der Waals surface area (Å²) in [6, 6.07) is 0.461. The highest BCUT2D eigenvalue weighted by Gasteiger charge is 2.31. The number of hydrogen-bond donors (Lipinski definition) is 1. The highest BCUT2D eigenvalue weighted by atomic mass is 16.5. The molecule has 2 unspecified atom stereocenters. The van der Waals surface area contributed by atoms with Gasteiger partial charge >= 0.3 is 5.97 Å². The zero-order valence-corrected chi connectivity index (χ0v) is 10.5. The maximum Gasteiger partial charge on any atom is 0.306 e. The van der Waals surface area contributed by atoms with Crippen LogP contribution in [0.2, 0.25) is 0 Å². The van der Waals surface area contributed by atoms with Crippen LogP contribution in [-0.2, 0) is 14.3 Å². The van der Waals surface area contributed by atoms with Crippen LogP contribution in [-0.4, -0.2) is 37.9 Å². The number of nitrogens with one attached hydrogen (secondary N) is 1. The Hall–Kier alpha value is -0.610. The molecule has 0 aromatic carbocycles. The summed E-state index contributed by atoms with van der Waals surface area (Å²) in [5, 5.41) is 3.40. The van der Waals surface area contributed by atoms with Crippen molar-refractivity contribution in [2.24, 2.45) is 0 Å². The summed E-state index contributed by atoms with van der Waals surface area (Å²) in [4.78, 5) is 11.0. The minimum atomic E-state index is -0.155. The summed E-state index contributed by atoms with van der Waals surface area (Å²) in [5.41, 5.74) is 0.00117. The molecule has 1 aliphatic heterocycles. The van der Waals surface area contributed by atoms with Gasteiger partial charge < -0.3 is 14.8 Å². The van der Waals surface area contributed by atoms with E-state index in [0.717, 1.165) is 25.9 Å². The van der Waals surface area contributed by atoms with Crippen molar-refractivity contribution in [1.29, 1.82) is 0 Å². The molecule has 94 valence electrons. The van der Waals surface area contributed by atoms with Crippen LogP contribution < -0.4 is 5.32 Å². The van der Waals surface area contributed by atoms with Crippen molar-refractivity contribution < 1.29 is 14.3 Å². The van der Waals surface area contributed by atoms with Gasteiger partial charge in [-0.1, -0.05) is 6.92 Å². The third-order valence-corrected chi connectivity index (χ3v) is 3.33.